The van der Waals surface area contributed by atoms with E-state index in [1.165, 1.54) is 11.1 Å². The van der Waals surface area contributed by atoms with Crippen LogP contribution >= 0.6 is 0 Å². The molecule has 1 fully saturated rings. The number of methoxy groups -OCH3 is 1. The molecule has 1 heterocycles. The topological polar surface area (TPSA) is 41.6 Å². The third-order valence-electron chi connectivity index (χ3n) is 5.47. The summed E-state index contributed by atoms with van der Waals surface area (Å²) < 4.78 is 5.31. The fraction of sp³-hybridized carbons (Fsp3) is 0.435. The van der Waals surface area contributed by atoms with Gasteiger partial charge in [0.05, 0.1) is 7.11 Å². The summed E-state index contributed by atoms with van der Waals surface area (Å²) in [5.41, 5.74) is 2.62. The summed E-state index contributed by atoms with van der Waals surface area (Å²) in [6.45, 7) is 4.29. The van der Waals surface area contributed by atoms with Crippen molar-refractivity contribution >= 4 is 5.91 Å². The highest BCUT2D eigenvalue weighted by Gasteiger charge is 2.30. The molecule has 1 aliphatic rings. The molecular formula is C23H30N2O2. The normalized spacial score (nSPS) is 19.7. The van der Waals surface area contributed by atoms with Crippen molar-refractivity contribution < 1.29 is 9.53 Å². The number of ether oxygens (including phenoxy) is 1. The van der Waals surface area contributed by atoms with E-state index in [1.54, 1.807) is 14.0 Å². The van der Waals surface area contributed by atoms with Crippen LogP contribution in [0, 0.1) is 5.92 Å². The molecule has 2 aromatic carbocycles. The number of nitrogens with zero attached hydrogens (tertiary/aromatic N) is 1. The number of piperidine rings is 1. The molecule has 3 rings (SSSR count). The second-order valence-electron chi connectivity index (χ2n) is 7.37. The Morgan fingerprint density at radius 3 is 2.67 bits per heavy atom. The molecule has 144 valence electrons. The zero-order valence-electron chi connectivity index (χ0n) is 16.4. The van der Waals surface area contributed by atoms with E-state index in [4.69, 9.17) is 4.74 Å². The third kappa shape index (κ3) is 5.57. The van der Waals surface area contributed by atoms with Crippen molar-refractivity contribution in [3.05, 3.63) is 65.7 Å². The monoisotopic (exact) mass is 366 g/mol. The van der Waals surface area contributed by atoms with E-state index in [-0.39, 0.29) is 5.91 Å². The largest absolute Gasteiger partial charge is 0.497 e. The number of carbonyl (C=O) groups is 1. The molecule has 1 saturated heterocycles. The maximum absolute atomic E-state index is 11.9. The Kier molecular flexibility index (Phi) is 6.88. The van der Waals surface area contributed by atoms with Crippen molar-refractivity contribution in [1.29, 1.82) is 0 Å². The molecule has 1 amide bonds. The smallest absolute Gasteiger partial charge is 0.219 e. The second-order valence-corrected chi connectivity index (χ2v) is 7.37. The molecular weight excluding hydrogens is 336 g/mol. The molecule has 27 heavy (non-hydrogen) atoms. The van der Waals surface area contributed by atoms with Gasteiger partial charge in [-0.2, -0.15) is 0 Å². The van der Waals surface area contributed by atoms with Crippen molar-refractivity contribution in [1.82, 2.24) is 10.2 Å². The van der Waals surface area contributed by atoms with E-state index in [2.05, 4.69) is 47.8 Å². The summed E-state index contributed by atoms with van der Waals surface area (Å²) >= 11 is 0. The first-order chi connectivity index (χ1) is 13.2. The lowest BCUT2D eigenvalue weighted by atomic mass is 9.86. The molecule has 0 spiro atoms. The zero-order valence-corrected chi connectivity index (χ0v) is 16.4. The number of rotatable bonds is 7. The van der Waals surface area contributed by atoms with Crippen LogP contribution in [0.3, 0.4) is 0 Å². The Morgan fingerprint density at radius 2 is 1.93 bits per heavy atom. The standard InChI is InChI=1S/C23H30N2O2/c1-18(26)25-14-12-23(21(17-25)15-19-7-4-3-5-8-19)24-13-11-20-9-6-10-22(16-20)27-2/h3-10,16,21,23-24H,11-15,17H2,1-2H3/t21-,23+/m1/s1. The number of likely N-dealkylation sites (tertiary alicyclic amines) is 1. The minimum Gasteiger partial charge on any atom is -0.497 e. The minimum atomic E-state index is 0.183. The first-order valence-corrected chi connectivity index (χ1v) is 9.81. The fourth-order valence-electron chi connectivity index (χ4n) is 3.94. The van der Waals surface area contributed by atoms with Gasteiger partial charge in [-0.25, -0.2) is 0 Å². The number of carbonyl (C=O) groups excluding carboxylic acids is 1. The molecule has 2 aromatic rings. The van der Waals surface area contributed by atoms with E-state index in [0.29, 0.717) is 12.0 Å². The van der Waals surface area contributed by atoms with Crippen molar-refractivity contribution in [2.24, 2.45) is 5.92 Å². The highest BCUT2D eigenvalue weighted by molar-refractivity contribution is 5.73. The Hall–Kier alpha value is -2.33. The number of benzene rings is 2. The molecule has 4 heteroatoms. The highest BCUT2D eigenvalue weighted by atomic mass is 16.5. The van der Waals surface area contributed by atoms with E-state index in [9.17, 15) is 4.79 Å². The molecule has 0 bridgehead atoms. The molecule has 0 saturated carbocycles. The van der Waals surface area contributed by atoms with Crippen molar-refractivity contribution in [3.63, 3.8) is 0 Å². The van der Waals surface area contributed by atoms with E-state index >= 15 is 0 Å². The van der Waals surface area contributed by atoms with E-state index in [0.717, 1.165) is 44.6 Å². The van der Waals surface area contributed by atoms with E-state index < -0.39 is 0 Å². The second kappa shape index (κ2) is 9.56. The number of hydrogen-bond acceptors (Lipinski definition) is 3. The van der Waals surface area contributed by atoms with Crippen LogP contribution in [0.25, 0.3) is 0 Å². The maximum Gasteiger partial charge on any atom is 0.219 e. The molecule has 2 atom stereocenters. The van der Waals surface area contributed by atoms with Crippen molar-refractivity contribution in [3.8, 4) is 5.75 Å². The molecule has 1 aliphatic heterocycles. The summed E-state index contributed by atoms with van der Waals surface area (Å²) in [5.74, 6) is 1.53. The van der Waals surface area contributed by atoms with Gasteiger partial charge in [0.25, 0.3) is 0 Å². The predicted molar refractivity (Wildman–Crippen MR) is 109 cm³/mol. The quantitative estimate of drug-likeness (QED) is 0.817. The summed E-state index contributed by atoms with van der Waals surface area (Å²) in [6, 6.07) is 19.3. The Morgan fingerprint density at radius 1 is 1.15 bits per heavy atom. The molecule has 0 aromatic heterocycles. The van der Waals surface area contributed by atoms with Crippen LogP contribution in [0.2, 0.25) is 0 Å². The first kappa shape index (κ1) is 19.4. The Bertz CT molecular complexity index is 732. The van der Waals surface area contributed by atoms with Gasteiger partial charge in [-0.15, -0.1) is 0 Å². The van der Waals surface area contributed by atoms with Crippen LogP contribution in [-0.4, -0.2) is 43.6 Å². The van der Waals surface area contributed by atoms with Crippen LogP contribution in [0.15, 0.2) is 54.6 Å². The highest BCUT2D eigenvalue weighted by Crippen LogP contribution is 2.22. The maximum atomic E-state index is 11.9. The van der Waals surface area contributed by atoms with Gasteiger partial charge in [-0.1, -0.05) is 42.5 Å². The molecule has 0 radical (unpaired) electrons. The Labute approximate surface area is 162 Å². The van der Waals surface area contributed by atoms with Gasteiger partial charge in [0.1, 0.15) is 5.75 Å². The SMILES string of the molecule is COc1cccc(CCN[C@H]2CCN(C(C)=O)C[C@H]2Cc2ccccc2)c1. The van der Waals surface area contributed by atoms with Crippen LogP contribution in [0.4, 0.5) is 0 Å². The fourth-order valence-corrected chi connectivity index (χ4v) is 3.94. The van der Waals surface area contributed by atoms with Gasteiger partial charge in [-0.3, -0.25) is 4.79 Å². The molecule has 0 aliphatic carbocycles. The number of hydrogen-bond donors (Lipinski definition) is 1. The Balaban J connectivity index is 1.59. The summed E-state index contributed by atoms with van der Waals surface area (Å²) in [7, 11) is 1.70. The van der Waals surface area contributed by atoms with Gasteiger partial charge in [0, 0.05) is 26.1 Å². The first-order valence-electron chi connectivity index (χ1n) is 9.81. The van der Waals surface area contributed by atoms with Gasteiger partial charge < -0.3 is 15.0 Å². The average molecular weight is 367 g/mol. The predicted octanol–water partition coefficient (Wildman–Crippen LogP) is 3.31. The van der Waals surface area contributed by atoms with Gasteiger partial charge in [0.15, 0.2) is 0 Å². The average Bonchev–Trinajstić information content (AvgIpc) is 2.70. The van der Waals surface area contributed by atoms with Gasteiger partial charge in [-0.05, 0) is 55.0 Å². The van der Waals surface area contributed by atoms with Crippen molar-refractivity contribution in [2.75, 3.05) is 26.7 Å². The van der Waals surface area contributed by atoms with Crippen molar-refractivity contribution in [2.45, 2.75) is 32.2 Å². The lowest BCUT2D eigenvalue weighted by molar-refractivity contribution is -0.131. The van der Waals surface area contributed by atoms with Gasteiger partial charge >= 0.3 is 0 Å². The van der Waals surface area contributed by atoms with Crippen LogP contribution < -0.4 is 10.1 Å². The van der Waals surface area contributed by atoms with Crippen LogP contribution in [-0.2, 0) is 17.6 Å². The van der Waals surface area contributed by atoms with Crippen LogP contribution in [0.1, 0.15) is 24.5 Å². The van der Waals surface area contributed by atoms with Gasteiger partial charge in [0.2, 0.25) is 5.91 Å². The number of nitrogens with one attached hydrogen (secondary N) is 1. The number of amides is 1. The minimum absolute atomic E-state index is 0.183. The lowest BCUT2D eigenvalue weighted by Crippen LogP contribution is -2.51. The summed E-state index contributed by atoms with van der Waals surface area (Å²) in [6.07, 6.45) is 2.98. The molecule has 1 N–H and O–H groups in total. The van der Waals surface area contributed by atoms with E-state index in [1.807, 2.05) is 17.0 Å². The lowest BCUT2D eigenvalue weighted by Gasteiger charge is -2.39. The molecule has 4 nitrogen and oxygen atoms in total. The molecule has 0 unspecified atom stereocenters. The summed E-state index contributed by atoms with van der Waals surface area (Å²) in [4.78, 5) is 13.9. The third-order valence-corrected chi connectivity index (χ3v) is 5.47. The zero-order chi connectivity index (χ0) is 19.1. The summed E-state index contributed by atoms with van der Waals surface area (Å²) in [5, 5.41) is 3.76. The van der Waals surface area contributed by atoms with Crippen LogP contribution in [0.5, 0.6) is 5.75 Å².